The molecular weight excluding hydrogens is 142 g/mol. The summed E-state index contributed by atoms with van der Waals surface area (Å²) in [6.07, 6.45) is -0.907. The Balaban J connectivity index is -0.0000000300. The Morgan fingerprint density at radius 3 is 2.00 bits per heavy atom. The number of aliphatic hydroxyl groups is 1. The number of rotatable bonds is 2. The van der Waals surface area contributed by atoms with Gasteiger partial charge in [-0.1, -0.05) is 6.92 Å². The van der Waals surface area contributed by atoms with E-state index in [0.717, 1.165) is 0 Å². The van der Waals surface area contributed by atoms with Crippen LogP contribution in [0.15, 0.2) is 0 Å². The number of carboxylic acid groups (broad SMARTS) is 1. The third-order valence-electron chi connectivity index (χ3n) is 0.672. The molecule has 0 aromatic rings. The van der Waals surface area contributed by atoms with Crippen LogP contribution in [0, 0.1) is 0 Å². The van der Waals surface area contributed by atoms with Gasteiger partial charge in [0.25, 0.3) is 0 Å². The van der Waals surface area contributed by atoms with Crippen molar-refractivity contribution in [2.45, 2.75) is 19.4 Å². The van der Waals surface area contributed by atoms with Gasteiger partial charge in [-0.2, -0.15) is 0 Å². The van der Waals surface area contributed by atoms with E-state index in [2.05, 4.69) is 0 Å². The second-order valence-electron chi connectivity index (χ2n) is 1.26. The van der Waals surface area contributed by atoms with Crippen molar-refractivity contribution in [2.24, 2.45) is 0 Å². The van der Waals surface area contributed by atoms with Crippen LogP contribution in [0.25, 0.3) is 0 Å². The van der Waals surface area contributed by atoms with E-state index >= 15 is 0 Å². The average molecular weight is 152 g/mol. The first kappa shape index (κ1) is 16.8. The average Bonchev–Trinajstić information content (AvgIpc) is 1.65. The van der Waals surface area contributed by atoms with Gasteiger partial charge in [0, 0.05) is 0 Å². The molecule has 0 saturated heterocycles. The summed E-state index contributed by atoms with van der Waals surface area (Å²) in [6, 6.07) is 0. The summed E-state index contributed by atoms with van der Waals surface area (Å²) >= 11 is 0. The van der Waals surface area contributed by atoms with Crippen LogP contribution < -0.4 is 59.1 Å². The quantitative estimate of drug-likeness (QED) is 0.387. The number of hydrogen-bond donors (Lipinski definition) is 2. The number of carbonyl (C=O) groups is 1. The maximum atomic E-state index is 9.68. The fraction of sp³-hybridized carbons (Fsp3) is 0.750. The molecule has 0 aromatic heterocycles. The molecule has 3 nitrogen and oxygen atoms in total. The number of aliphatic carboxylic acids is 1. The summed E-state index contributed by atoms with van der Waals surface area (Å²) in [5, 5.41) is 16.3. The topological polar surface area (TPSA) is 57.5 Å². The van der Waals surface area contributed by atoms with Crippen molar-refractivity contribution in [3.8, 4) is 0 Å². The number of carboxylic acids is 1. The molecule has 1 unspecified atom stereocenters. The van der Waals surface area contributed by atoms with E-state index < -0.39 is 12.1 Å². The van der Waals surface area contributed by atoms with Crippen LogP contribution in [0.5, 0.6) is 0 Å². The molecule has 46 valence electrons. The Bertz CT molecular complexity index is 83.7. The van der Waals surface area contributed by atoms with Gasteiger partial charge < -0.3 is 13.1 Å². The minimum Gasteiger partial charge on any atom is -1.00 e. The van der Waals surface area contributed by atoms with Gasteiger partial charge in [-0.15, -0.1) is 0 Å². The largest absolute Gasteiger partial charge is 1.00 e. The van der Waals surface area contributed by atoms with Crippen molar-refractivity contribution >= 4 is 5.97 Å². The van der Waals surface area contributed by atoms with Gasteiger partial charge in [0.1, 0.15) is 0 Å². The summed E-state index contributed by atoms with van der Waals surface area (Å²) in [5.74, 6) is -1.15. The van der Waals surface area contributed by atoms with Crippen LogP contribution in [-0.4, -0.2) is 22.3 Å². The molecule has 0 aliphatic carbocycles. The molecule has 0 radical (unpaired) electrons. The van der Waals surface area contributed by atoms with Crippen LogP contribution in [0.2, 0.25) is 0 Å². The van der Waals surface area contributed by atoms with Gasteiger partial charge in [0.05, 0.1) is 0 Å². The molecule has 0 saturated carbocycles. The van der Waals surface area contributed by atoms with Crippen molar-refractivity contribution in [3.63, 3.8) is 0 Å². The first-order valence-electron chi connectivity index (χ1n) is 2.09. The SMILES string of the molecule is CCC(O)C(=O)O.[H-].[H-].[Na+].[Na+]. The van der Waals surface area contributed by atoms with Crippen molar-refractivity contribution in [2.75, 3.05) is 0 Å². The van der Waals surface area contributed by atoms with Crippen LogP contribution in [0.3, 0.4) is 0 Å². The molecule has 0 rings (SSSR count). The van der Waals surface area contributed by atoms with Crippen molar-refractivity contribution in [3.05, 3.63) is 0 Å². The van der Waals surface area contributed by atoms with E-state index in [1.807, 2.05) is 0 Å². The summed E-state index contributed by atoms with van der Waals surface area (Å²) in [7, 11) is 0. The van der Waals surface area contributed by atoms with Gasteiger partial charge in [-0.3, -0.25) is 0 Å². The van der Waals surface area contributed by atoms with Gasteiger partial charge >= 0.3 is 65.1 Å². The van der Waals surface area contributed by atoms with Gasteiger partial charge in [0.2, 0.25) is 0 Å². The molecule has 0 fully saturated rings. The third kappa shape index (κ3) is 9.43. The Morgan fingerprint density at radius 2 is 2.00 bits per heavy atom. The Labute approximate surface area is 101 Å². The maximum Gasteiger partial charge on any atom is 1.00 e. The molecule has 0 spiro atoms. The molecule has 2 N–H and O–H groups in total. The molecule has 0 bridgehead atoms. The smallest absolute Gasteiger partial charge is 1.00 e. The molecule has 9 heavy (non-hydrogen) atoms. The van der Waals surface area contributed by atoms with Crippen LogP contribution in [0.1, 0.15) is 16.2 Å². The van der Waals surface area contributed by atoms with Crippen molar-refractivity contribution in [1.29, 1.82) is 0 Å². The predicted molar refractivity (Wildman–Crippen MR) is 26.2 cm³/mol. The molecule has 1 atom stereocenters. The Hall–Kier alpha value is 1.43. The first-order chi connectivity index (χ1) is 3.18. The van der Waals surface area contributed by atoms with Gasteiger partial charge in [-0.25, -0.2) is 4.79 Å². The van der Waals surface area contributed by atoms with Crippen LogP contribution in [0.4, 0.5) is 0 Å². The zero-order valence-electron chi connectivity index (χ0n) is 8.09. The zero-order chi connectivity index (χ0) is 5.86. The van der Waals surface area contributed by atoms with Gasteiger partial charge in [-0.05, 0) is 6.42 Å². The van der Waals surface area contributed by atoms with E-state index in [4.69, 9.17) is 10.2 Å². The summed E-state index contributed by atoms with van der Waals surface area (Å²) in [4.78, 5) is 9.68. The number of hydrogen-bond acceptors (Lipinski definition) is 2. The molecule has 0 aliphatic rings. The monoisotopic (exact) mass is 152 g/mol. The fourth-order valence-electron chi connectivity index (χ4n) is 0.175. The fourth-order valence-corrected chi connectivity index (χ4v) is 0.175. The summed E-state index contributed by atoms with van der Waals surface area (Å²) in [5.41, 5.74) is 0. The summed E-state index contributed by atoms with van der Waals surface area (Å²) in [6.45, 7) is 1.61. The normalized spacial score (nSPS) is 10.4. The standard InChI is InChI=1S/C4H8O3.2Na.2H/c1-2-3(5)4(6)7;;;;/h3,5H,2H2,1H3,(H,6,7);;;;/q;2*+1;2*-1. The molecule has 0 amide bonds. The molecule has 0 heterocycles. The predicted octanol–water partition coefficient (Wildman–Crippen LogP) is -5.93. The van der Waals surface area contributed by atoms with E-state index in [0.29, 0.717) is 0 Å². The van der Waals surface area contributed by atoms with Crippen LogP contribution >= 0.6 is 0 Å². The molecule has 5 heteroatoms. The number of aliphatic hydroxyl groups excluding tert-OH is 1. The van der Waals surface area contributed by atoms with Crippen molar-refractivity contribution < 1.29 is 77.0 Å². The second-order valence-corrected chi connectivity index (χ2v) is 1.26. The Kier molecular flexibility index (Phi) is 17.6. The van der Waals surface area contributed by atoms with Gasteiger partial charge in [0.15, 0.2) is 6.10 Å². The van der Waals surface area contributed by atoms with E-state index in [-0.39, 0.29) is 68.4 Å². The Morgan fingerprint density at radius 1 is 1.67 bits per heavy atom. The van der Waals surface area contributed by atoms with E-state index in [9.17, 15) is 4.79 Å². The molecule has 0 aromatic carbocycles. The van der Waals surface area contributed by atoms with Crippen LogP contribution in [-0.2, 0) is 4.79 Å². The maximum absolute atomic E-state index is 9.68. The summed E-state index contributed by atoms with van der Waals surface area (Å²) < 4.78 is 0. The molecular formula is C4H10Na2O3. The first-order valence-corrected chi connectivity index (χ1v) is 2.09. The van der Waals surface area contributed by atoms with E-state index in [1.165, 1.54) is 0 Å². The third-order valence-corrected chi connectivity index (χ3v) is 0.672. The minimum atomic E-state index is -1.18. The van der Waals surface area contributed by atoms with E-state index in [1.54, 1.807) is 6.92 Å². The minimum absolute atomic E-state index is 0. The zero-order valence-corrected chi connectivity index (χ0v) is 10.1. The second kappa shape index (κ2) is 9.43. The molecule has 0 aliphatic heterocycles. The van der Waals surface area contributed by atoms with Crippen molar-refractivity contribution in [1.82, 2.24) is 0 Å².